The fraction of sp³-hybridized carbons (Fsp3) is 0.381. The van der Waals surface area contributed by atoms with Gasteiger partial charge in [0, 0.05) is 26.1 Å². The van der Waals surface area contributed by atoms with Crippen molar-refractivity contribution >= 4 is 29.1 Å². The number of piperazine rings is 1. The Morgan fingerprint density at radius 3 is 2.63 bits per heavy atom. The minimum atomic E-state index is -0.864. The number of nitrogens with zero attached hydrogens (tertiary/aromatic N) is 1. The number of amides is 2. The molecule has 2 heterocycles. The van der Waals surface area contributed by atoms with Crippen LogP contribution in [0.2, 0.25) is 0 Å². The predicted molar refractivity (Wildman–Crippen MR) is 113 cm³/mol. The average molecular weight is 432 g/mol. The number of ether oxygens (including phenoxy) is 2. The smallest absolute Gasteiger partial charge is 0.328 e. The molecule has 30 heavy (non-hydrogen) atoms. The van der Waals surface area contributed by atoms with Crippen LogP contribution in [0.4, 0.5) is 0 Å². The van der Waals surface area contributed by atoms with Crippen molar-refractivity contribution in [2.24, 2.45) is 0 Å². The molecule has 1 aromatic heterocycles. The maximum absolute atomic E-state index is 13.0. The zero-order valence-electron chi connectivity index (χ0n) is 16.9. The molecule has 0 bridgehead atoms. The maximum Gasteiger partial charge on any atom is 0.328 e. The molecule has 1 aromatic carbocycles. The van der Waals surface area contributed by atoms with Crippen LogP contribution < -0.4 is 15.4 Å². The first-order valence-electron chi connectivity index (χ1n) is 9.59. The Balaban J connectivity index is 1.72. The number of carbonyl (C=O) groups excluding carboxylic acids is 3. The van der Waals surface area contributed by atoms with E-state index in [-0.39, 0.29) is 12.3 Å². The lowest BCUT2D eigenvalue weighted by atomic mass is 10.0. The van der Waals surface area contributed by atoms with E-state index in [9.17, 15) is 14.4 Å². The Labute approximate surface area is 179 Å². The summed E-state index contributed by atoms with van der Waals surface area (Å²) in [5, 5.41) is 7.74. The predicted octanol–water partition coefficient (Wildman–Crippen LogP) is 1.07. The van der Waals surface area contributed by atoms with E-state index in [0.717, 1.165) is 5.56 Å². The van der Waals surface area contributed by atoms with Crippen molar-refractivity contribution in [2.45, 2.75) is 18.5 Å². The van der Waals surface area contributed by atoms with Crippen molar-refractivity contribution < 1.29 is 23.9 Å². The Kier molecular flexibility index (Phi) is 7.42. The molecule has 160 valence electrons. The SMILES string of the molecule is COC(=O)C(Cc1ccc(OC)cc1)NC(=O)C1CNCCN1C(=O)c1cccs1. The number of benzene rings is 1. The molecule has 1 aliphatic heterocycles. The summed E-state index contributed by atoms with van der Waals surface area (Å²) in [6.45, 7) is 1.34. The summed E-state index contributed by atoms with van der Waals surface area (Å²) in [5.41, 5.74) is 0.847. The van der Waals surface area contributed by atoms with Gasteiger partial charge in [-0.3, -0.25) is 9.59 Å². The van der Waals surface area contributed by atoms with E-state index in [2.05, 4.69) is 10.6 Å². The molecule has 1 fully saturated rings. The summed E-state index contributed by atoms with van der Waals surface area (Å²) in [5.74, 6) is -0.417. The van der Waals surface area contributed by atoms with Crippen LogP contribution in [0, 0.1) is 0 Å². The lowest BCUT2D eigenvalue weighted by Crippen LogP contribution is -2.61. The third-order valence-electron chi connectivity index (χ3n) is 4.94. The fourth-order valence-corrected chi connectivity index (χ4v) is 4.00. The minimum Gasteiger partial charge on any atom is -0.497 e. The number of esters is 1. The molecular weight excluding hydrogens is 406 g/mol. The number of hydrogen-bond acceptors (Lipinski definition) is 7. The lowest BCUT2D eigenvalue weighted by molar-refractivity contribution is -0.145. The molecule has 1 saturated heterocycles. The topological polar surface area (TPSA) is 97.0 Å². The van der Waals surface area contributed by atoms with Gasteiger partial charge in [0.1, 0.15) is 17.8 Å². The van der Waals surface area contributed by atoms with Crippen LogP contribution in [0.5, 0.6) is 5.75 Å². The summed E-state index contributed by atoms with van der Waals surface area (Å²) in [7, 11) is 2.86. The van der Waals surface area contributed by atoms with Gasteiger partial charge in [-0.05, 0) is 29.1 Å². The molecule has 0 saturated carbocycles. The first-order valence-corrected chi connectivity index (χ1v) is 10.5. The van der Waals surface area contributed by atoms with Crippen molar-refractivity contribution in [2.75, 3.05) is 33.9 Å². The average Bonchev–Trinajstić information content (AvgIpc) is 3.33. The Morgan fingerprint density at radius 1 is 1.23 bits per heavy atom. The normalized spacial score (nSPS) is 17.1. The molecule has 0 spiro atoms. The van der Waals surface area contributed by atoms with Gasteiger partial charge in [-0.25, -0.2) is 4.79 Å². The molecule has 1 aliphatic rings. The second-order valence-corrected chi connectivity index (χ2v) is 7.78. The van der Waals surface area contributed by atoms with Gasteiger partial charge in [-0.1, -0.05) is 18.2 Å². The first kappa shape index (κ1) is 21.8. The van der Waals surface area contributed by atoms with Crippen LogP contribution in [-0.2, 0) is 20.7 Å². The van der Waals surface area contributed by atoms with Crippen molar-refractivity contribution in [3.8, 4) is 5.75 Å². The fourth-order valence-electron chi connectivity index (χ4n) is 3.32. The highest BCUT2D eigenvalue weighted by Gasteiger charge is 2.35. The van der Waals surface area contributed by atoms with E-state index in [1.807, 2.05) is 17.5 Å². The van der Waals surface area contributed by atoms with Crippen molar-refractivity contribution in [1.29, 1.82) is 0 Å². The Morgan fingerprint density at radius 2 is 2.00 bits per heavy atom. The van der Waals surface area contributed by atoms with Crippen LogP contribution in [0.15, 0.2) is 41.8 Å². The van der Waals surface area contributed by atoms with Crippen LogP contribution in [0.25, 0.3) is 0 Å². The van der Waals surface area contributed by atoms with Gasteiger partial charge in [-0.2, -0.15) is 0 Å². The van der Waals surface area contributed by atoms with Crippen LogP contribution in [0.1, 0.15) is 15.2 Å². The van der Waals surface area contributed by atoms with Crippen LogP contribution in [-0.4, -0.2) is 68.6 Å². The quantitative estimate of drug-likeness (QED) is 0.637. The molecule has 3 rings (SSSR count). The van der Waals surface area contributed by atoms with Crippen LogP contribution in [0.3, 0.4) is 0 Å². The number of nitrogens with one attached hydrogen (secondary N) is 2. The highest BCUT2D eigenvalue weighted by molar-refractivity contribution is 7.12. The standard InChI is InChI=1S/C21H25N3O5S/c1-28-15-7-5-14(6-8-15)12-16(21(27)29-2)23-19(25)17-13-22-9-10-24(17)20(26)18-4-3-11-30-18/h3-8,11,16-17,22H,9-10,12-13H2,1-2H3,(H,23,25). The molecule has 8 nitrogen and oxygen atoms in total. The Bertz CT molecular complexity index is 869. The number of rotatable bonds is 7. The molecule has 2 amide bonds. The molecule has 2 unspecified atom stereocenters. The van der Waals surface area contributed by atoms with E-state index in [0.29, 0.717) is 30.3 Å². The number of carbonyl (C=O) groups is 3. The van der Waals surface area contributed by atoms with Gasteiger partial charge < -0.3 is 25.0 Å². The molecule has 2 atom stereocenters. The molecule has 2 aromatic rings. The van der Waals surface area contributed by atoms with Crippen LogP contribution >= 0.6 is 11.3 Å². The van der Waals surface area contributed by atoms with Crippen molar-refractivity contribution in [1.82, 2.24) is 15.5 Å². The summed E-state index contributed by atoms with van der Waals surface area (Å²) in [4.78, 5) is 40.3. The third kappa shape index (κ3) is 5.17. The first-order chi connectivity index (χ1) is 14.5. The number of hydrogen-bond donors (Lipinski definition) is 2. The summed E-state index contributed by atoms with van der Waals surface area (Å²) < 4.78 is 10.0. The highest BCUT2D eigenvalue weighted by atomic mass is 32.1. The van der Waals surface area contributed by atoms with Gasteiger partial charge in [0.05, 0.1) is 19.1 Å². The van der Waals surface area contributed by atoms with Gasteiger partial charge in [-0.15, -0.1) is 11.3 Å². The molecule has 2 N–H and O–H groups in total. The number of thiophene rings is 1. The van der Waals surface area contributed by atoms with Crippen molar-refractivity contribution in [3.63, 3.8) is 0 Å². The van der Waals surface area contributed by atoms with Crippen molar-refractivity contribution in [3.05, 3.63) is 52.2 Å². The Hall–Kier alpha value is -2.91. The number of methoxy groups -OCH3 is 2. The zero-order chi connectivity index (χ0) is 21.5. The molecule has 0 radical (unpaired) electrons. The molecular formula is C21H25N3O5S. The van der Waals surface area contributed by atoms with E-state index in [1.54, 1.807) is 36.3 Å². The monoisotopic (exact) mass is 431 g/mol. The largest absolute Gasteiger partial charge is 0.497 e. The highest BCUT2D eigenvalue weighted by Crippen LogP contribution is 2.17. The van der Waals surface area contributed by atoms with Gasteiger partial charge in [0.2, 0.25) is 5.91 Å². The summed E-state index contributed by atoms with van der Waals surface area (Å²) in [6.07, 6.45) is 0.265. The maximum atomic E-state index is 13.0. The van der Waals surface area contributed by atoms with E-state index >= 15 is 0 Å². The second kappa shape index (κ2) is 10.2. The summed E-state index contributed by atoms with van der Waals surface area (Å²) >= 11 is 1.34. The van der Waals surface area contributed by atoms with Gasteiger partial charge in [0.25, 0.3) is 5.91 Å². The lowest BCUT2D eigenvalue weighted by Gasteiger charge is -2.35. The van der Waals surface area contributed by atoms with Gasteiger partial charge in [0.15, 0.2) is 0 Å². The minimum absolute atomic E-state index is 0.184. The van der Waals surface area contributed by atoms with E-state index < -0.39 is 24.0 Å². The van der Waals surface area contributed by atoms with Gasteiger partial charge >= 0.3 is 5.97 Å². The molecule has 0 aliphatic carbocycles. The summed E-state index contributed by atoms with van der Waals surface area (Å²) in [6, 6.07) is 9.21. The molecule has 9 heteroatoms. The third-order valence-corrected chi connectivity index (χ3v) is 5.80. The zero-order valence-corrected chi connectivity index (χ0v) is 17.7. The second-order valence-electron chi connectivity index (χ2n) is 6.83. The van der Waals surface area contributed by atoms with E-state index in [4.69, 9.17) is 9.47 Å². The van der Waals surface area contributed by atoms with E-state index in [1.165, 1.54) is 18.4 Å².